The molecule has 1 amide bonds. The molecule has 1 saturated carbocycles. The zero-order valence-corrected chi connectivity index (χ0v) is 9.40. The number of nitrogens with two attached hydrogens (primary N) is 1. The van der Waals surface area contributed by atoms with Crippen LogP contribution in [-0.4, -0.2) is 11.4 Å². The van der Waals surface area contributed by atoms with Crippen molar-refractivity contribution in [2.75, 3.05) is 5.32 Å². The largest absolute Gasteiger partial charge is 0.324 e. The molecule has 0 saturated heterocycles. The highest BCUT2D eigenvalue weighted by molar-refractivity contribution is 6.35. The molecule has 1 aromatic rings. The summed E-state index contributed by atoms with van der Waals surface area (Å²) in [6.45, 7) is 0. The van der Waals surface area contributed by atoms with E-state index in [1.807, 2.05) is 0 Å². The quantitative estimate of drug-likeness (QED) is 0.840. The number of hydrogen-bond acceptors (Lipinski definition) is 2. The van der Waals surface area contributed by atoms with Crippen molar-refractivity contribution >= 4 is 34.8 Å². The van der Waals surface area contributed by atoms with Crippen LogP contribution in [0.15, 0.2) is 18.2 Å². The lowest BCUT2D eigenvalue weighted by Crippen LogP contribution is -2.37. The van der Waals surface area contributed by atoms with E-state index in [2.05, 4.69) is 5.32 Å². The molecule has 2 rings (SSSR count). The lowest BCUT2D eigenvalue weighted by molar-refractivity contribution is -0.118. The van der Waals surface area contributed by atoms with Gasteiger partial charge in [-0.3, -0.25) is 4.79 Å². The van der Waals surface area contributed by atoms with E-state index >= 15 is 0 Å². The summed E-state index contributed by atoms with van der Waals surface area (Å²) < 4.78 is 0. The highest BCUT2D eigenvalue weighted by Gasteiger charge is 2.45. The second kappa shape index (κ2) is 3.67. The standard InChI is InChI=1S/C10H10Cl2N2O/c11-6-3-7(12)5-8(4-6)14-9(15)10(13)1-2-10/h3-5H,1-2,13H2,(H,14,15). The lowest BCUT2D eigenvalue weighted by atomic mass is 10.2. The molecule has 0 bridgehead atoms. The van der Waals surface area contributed by atoms with Gasteiger partial charge in [0.05, 0.1) is 5.54 Å². The van der Waals surface area contributed by atoms with Crippen LogP contribution in [0.5, 0.6) is 0 Å². The molecule has 5 heteroatoms. The first-order valence-electron chi connectivity index (χ1n) is 4.56. The molecule has 0 aromatic heterocycles. The molecule has 80 valence electrons. The fourth-order valence-electron chi connectivity index (χ4n) is 1.24. The average molecular weight is 245 g/mol. The summed E-state index contributed by atoms with van der Waals surface area (Å²) in [5.74, 6) is -0.180. The third-order valence-electron chi connectivity index (χ3n) is 2.36. The first-order valence-corrected chi connectivity index (χ1v) is 5.32. The predicted molar refractivity (Wildman–Crippen MR) is 61.2 cm³/mol. The number of nitrogens with one attached hydrogen (secondary N) is 1. The number of carbonyl (C=O) groups is 1. The van der Waals surface area contributed by atoms with E-state index in [1.165, 1.54) is 0 Å². The van der Waals surface area contributed by atoms with Gasteiger partial charge in [-0.05, 0) is 31.0 Å². The summed E-state index contributed by atoms with van der Waals surface area (Å²) in [6, 6.07) is 4.88. The monoisotopic (exact) mass is 244 g/mol. The summed E-state index contributed by atoms with van der Waals surface area (Å²) in [5.41, 5.74) is 5.63. The van der Waals surface area contributed by atoms with Gasteiger partial charge in [0.1, 0.15) is 0 Å². The summed E-state index contributed by atoms with van der Waals surface area (Å²) in [7, 11) is 0. The van der Waals surface area contributed by atoms with Gasteiger partial charge >= 0.3 is 0 Å². The number of amides is 1. The number of halogens is 2. The minimum atomic E-state index is -0.686. The second-order valence-corrected chi connectivity index (χ2v) is 4.64. The number of anilines is 1. The van der Waals surface area contributed by atoms with E-state index in [-0.39, 0.29) is 5.91 Å². The fraction of sp³-hybridized carbons (Fsp3) is 0.300. The predicted octanol–water partition coefficient (Wildman–Crippen LogP) is 2.42. The Bertz CT molecular complexity index is 396. The van der Waals surface area contributed by atoms with E-state index in [9.17, 15) is 4.79 Å². The Morgan fingerprint density at radius 3 is 2.27 bits per heavy atom. The van der Waals surface area contributed by atoms with E-state index in [0.717, 1.165) is 12.8 Å². The van der Waals surface area contributed by atoms with E-state index in [4.69, 9.17) is 28.9 Å². The van der Waals surface area contributed by atoms with Crippen LogP contribution in [0.3, 0.4) is 0 Å². The highest BCUT2D eigenvalue weighted by Crippen LogP contribution is 2.33. The molecule has 3 N–H and O–H groups in total. The van der Waals surface area contributed by atoms with Crippen LogP contribution < -0.4 is 11.1 Å². The van der Waals surface area contributed by atoms with Crippen molar-refractivity contribution in [3.05, 3.63) is 28.2 Å². The summed E-state index contributed by atoms with van der Waals surface area (Å²) in [5, 5.41) is 3.66. The third kappa shape index (κ3) is 2.43. The minimum Gasteiger partial charge on any atom is -0.324 e. The van der Waals surface area contributed by atoms with E-state index < -0.39 is 5.54 Å². The zero-order chi connectivity index (χ0) is 11.1. The van der Waals surface area contributed by atoms with Crippen LogP contribution in [0.25, 0.3) is 0 Å². The smallest absolute Gasteiger partial charge is 0.244 e. The normalized spacial score (nSPS) is 17.3. The molecule has 0 spiro atoms. The van der Waals surface area contributed by atoms with Crippen molar-refractivity contribution in [3.63, 3.8) is 0 Å². The Balaban J connectivity index is 2.13. The molecule has 3 nitrogen and oxygen atoms in total. The maximum atomic E-state index is 11.6. The molecule has 0 heterocycles. The zero-order valence-electron chi connectivity index (χ0n) is 7.89. The summed E-state index contributed by atoms with van der Waals surface area (Å²) in [6.07, 6.45) is 1.46. The van der Waals surface area contributed by atoms with Crippen LogP contribution in [0.4, 0.5) is 5.69 Å². The van der Waals surface area contributed by atoms with Crippen molar-refractivity contribution < 1.29 is 4.79 Å². The van der Waals surface area contributed by atoms with Gasteiger partial charge in [-0.15, -0.1) is 0 Å². The van der Waals surface area contributed by atoms with Crippen LogP contribution >= 0.6 is 23.2 Å². The molecule has 0 aliphatic heterocycles. The molecule has 1 aliphatic carbocycles. The molecule has 0 unspecified atom stereocenters. The van der Waals surface area contributed by atoms with Gasteiger partial charge < -0.3 is 11.1 Å². The maximum Gasteiger partial charge on any atom is 0.244 e. The molecule has 1 aliphatic rings. The lowest BCUT2D eigenvalue weighted by Gasteiger charge is -2.10. The van der Waals surface area contributed by atoms with Crippen LogP contribution in [-0.2, 0) is 4.79 Å². The molecular weight excluding hydrogens is 235 g/mol. The Kier molecular flexibility index (Phi) is 2.63. The van der Waals surface area contributed by atoms with Crippen LogP contribution in [0.2, 0.25) is 10.0 Å². The Hall–Kier alpha value is -0.770. The van der Waals surface area contributed by atoms with Crippen LogP contribution in [0, 0.1) is 0 Å². The molecular formula is C10H10Cl2N2O. The third-order valence-corrected chi connectivity index (χ3v) is 2.80. The molecule has 1 fully saturated rings. The van der Waals surface area contributed by atoms with Crippen molar-refractivity contribution in [2.24, 2.45) is 5.73 Å². The summed E-state index contributed by atoms with van der Waals surface area (Å²) >= 11 is 11.6. The van der Waals surface area contributed by atoms with Crippen LogP contribution in [0.1, 0.15) is 12.8 Å². The molecule has 15 heavy (non-hydrogen) atoms. The van der Waals surface area contributed by atoms with Crippen molar-refractivity contribution in [1.29, 1.82) is 0 Å². The maximum absolute atomic E-state index is 11.6. The number of hydrogen-bond donors (Lipinski definition) is 2. The fourth-order valence-corrected chi connectivity index (χ4v) is 1.77. The van der Waals surface area contributed by atoms with Gasteiger partial charge in [0, 0.05) is 15.7 Å². The van der Waals surface area contributed by atoms with Crippen molar-refractivity contribution in [2.45, 2.75) is 18.4 Å². The van der Waals surface area contributed by atoms with Crippen molar-refractivity contribution in [3.8, 4) is 0 Å². The van der Waals surface area contributed by atoms with Gasteiger partial charge in [-0.1, -0.05) is 23.2 Å². The topological polar surface area (TPSA) is 55.1 Å². The number of rotatable bonds is 2. The first kappa shape index (κ1) is 10.7. The second-order valence-electron chi connectivity index (χ2n) is 3.77. The van der Waals surface area contributed by atoms with E-state index in [1.54, 1.807) is 18.2 Å². The van der Waals surface area contributed by atoms with Gasteiger partial charge in [0.2, 0.25) is 5.91 Å². The summed E-state index contributed by atoms with van der Waals surface area (Å²) in [4.78, 5) is 11.6. The SMILES string of the molecule is NC1(C(=O)Nc2cc(Cl)cc(Cl)c2)CC1. The van der Waals surface area contributed by atoms with Crippen molar-refractivity contribution in [1.82, 2.24) is 0 Å². The van der Waals surface area contributed by atoms with Gasteiger partial charge in [-0.2, -0.15) is 0 Å². The molecule has 1 aromatic carbocycles. The Morgan fingerprint density at radius 2 is 1.80 bits per heavy atom. The highest BCUT2D eigenvalue weighted by atomic mass is 35.5. The average Bonchev–Trinajstić information content (AvgIpc) is 2.83. The number of benzene rings is 1. The first-order chi connectivity index (χ1) is 6.99. The van der Waals surface area contributed by atoms with Gasteiger partial charge in [-0.25, -0.2) is 0 Å². The van der Waals surface area contributed by atoms with Gasteiger partial charge in [0.15, 0.2) is 0 Å². The number of carbonyl (C=O) groups excluding carboxylic acids is 1. The van der Waals surface area contributed by atoms with Gasteiger partial charge in [0.25, 0.3) is 0 Å². The Labute approximate surface area is 97.5 Å². The minimum absolute atomic E-state index is 0.180. The molecule has 0 atom stereocenters. The van der Waals surface area contributed by atoms with E-state index in [0.29, 0.717) is 15.7 Å². The Morgan fingerprint density at radius 1 is 1.27 bits per heavy atom. The molecule has 0 radical (unpaired) electrons.